The van der Waals surface area contributed by atoms with E-state index in [0.717, 1.165) is 69.0 Å². The summed E-state index contributed by atoms with van der Waals surface area (Å²) >= 11 is 0. The Morgan fingerprint density at radius 1 is 1.25 bits per heavy atom. The fourth-order valence-corrected chi connectivity index (χ4v) is 5.29. The van der Waals surface area contributed by atoms with Crippen LogP contribution in [0.25, 0.3) is 0 Å². The molecular weight excluding hydrogens is 454 g/mol. The Kier molecular flexibility index (Phi) is 9.59. The largest absolute Gasteiger partial charge is 0.491 e. The topological polar surface area (TPSA) is 83.9 Å². The molecule has 0 radical (unpaired) electrons. The number of ether oxygens (including phenoxy) is 2. The molecule has 0 aliphatic carbocycles. The average Bonchev–Trinajstić information content (AvgIpc) is 3.32. The van der Waals surface area contributed by atoms with Gasteiger partial charge in [0.2, 0.25) is 0 Å². The maximum Gasteiger partial charge on any atom is 0.304 e. The van der Waals surface area contributed by atoms with Crippen molar-refractivity contribution < 1.29 is 19.4 Å². The minimum atomic E-state index is -0.764. The third-order valence-electron chi connectivity index (χ3n) is 7.16. The van der Waals surface area contributed by atoms with Crippen molar-refractivity contribution in [2.24, 2.45) is 5.92 Å². The molecule has 0 bridgehead atoms. The lowest BCUT2D eigenvalue weighted by atomic mass is 9.94. The van der Waals surface area contributed by atoms with Crippen LogP contribution in [0.3, 0.4) is 0 Å². The lowest BCUT2D eigenvalue weighted by Gasteiger charge is -2.24. The summed E-state index contributed by atoms with van der Waals surface area (Å²) in [6.45, 7) is 8.82. The van der Waals surface area contributed by atoms with Crippen LogP contribution in [0.15, 0.2) is 36.4 Å². The van der Waals surface area contributed by atoms with Crippen molar-refractivity contribution in [3.8, 4) is 5.75 Å². The average molecular weight is 496 g/mol. The van der Waals surface area contributed by atoms with Crippen molar-refractivity contribution in [2.45, 2.75) is 64.4 Å². The number of anilines is 1. The maximum absolute atomic E-state index is 11.7. The van der Waals surface area contributed by atoms with Crippen molar-refractivity contribution in [2.75, 3.05) is 44.7 Å². The Morgan fingerprint density at radius 2 is 2.14 bits per heavy atom. The third kappa shape index (κ3) is 7.93. The van der Waals surface area contributed by atoms with Gasteiger partial charge in [0.05, 0.1) is 19.1 Å². The van der Waals surface area contributed by atoms with Gasteiger partial charge in [-0.3, -0.25) is 4.79 Å². The number of carboxylic acids is 1. The van der Waals surface area contributed by atoms with Gasteiger partial charge in [-0.25, -0.2) is 4.98 Å². The number of aromatic nitrogens is 1. The Bertz CT molecular complexity index is 996. The van der Waals surface area contributed by atoms with Gasteiger partial charge in [0.25, 0.3) is 0 Å². The summed E-state index contributed by atoms with van der Waals surface area (Å²) in [6.07, 6.45) is 5.86. The normalized spacial score (nSPS) is 18.6. The highest BCUT2D eigenvalue weighted by molar-refractivity contribution is 5.68. The van der Waals surface area contributed by atoms with Crippen molar-refractivity contribution in [3.63, 3.8) is 0 Å². The van der Waals surface area contributed by atoms with E-state index in [1.165, 1.54) is 17.7 Å². The molecule has 0 saturated carbocycles. The van der Waals surface area contributed by atoms with Crippen molar-refractivity contribution in [1.29, 1.82) is 0 Å². The maximum atomic E-state index is 11.7. The zero-order valence-corrected chi connectivity index (χ0v) is 21.7. The number of carbonyl (C=O) groups is 1. The lowest BCUT2D eigenvalue weighted by Crippen LogP contribution is -2.28. The van der Waals surface area contributed by atoms with Gasteiger partial charge in [0, 0.05) is 31.2 Å². The number of hydrogen-bond acceptors (Lipinski definition) is 6. The first kappa shape index (κ1) is 26.4. The third-order valence-corrected chi connectivity index (χ3v) is 7.16. The lowest BCUT2D eigenvalue weighted by molar-refractivity contribution is -0.137. The van der Waals surface area contributed by atoms with Crippen LogP contribution in [0.5, 0.6) is 5.75 Å². The standard InChI is InChI=1S/C29H41N3O4/c1-21(2)35-15-16-36-27-7-3-5-24(17-27)25(18-28(33)34)20-32-14-12-22(19-32)8-10-26-11-9-23-6-4-13-30-29(23)31-26/h3,5,7,9,11,17,21-22,25H,4,6,8,10,12-16,18-20H2,1-2H3,(H,30,31)(H,33,34). The molecule has 1 fully saturated rings. The van der Waals surface area contributed by atoms with Crippen LogP contribution < -0.4 is 10.1 Å². The fourth-order valence-electron chi connectivity index (χ4n) is 5.29. The Morgan fingerprint density at radius 3 is 2.97 bits per heavy atom. The SMILES string of the molecule is CC(C)OCCOc1cccc(C(CC(=O)O)CN2CCC(CCc3ccc4c(n3)NCCC4)C2)c1. The van der Waals surface area contributed by atoms with E-state index in [2.05, 4.69) is 22.3 Å². The molecule has 1 saturated heterocycles. The number of carboxylic acid groups (broad SMARTS) is 1. The number of aryl methyl sites for hydroxylation is 2. The molecule has 2 aliphatic rings. The molecule has 2 aliphatic heterocycles. The van der Waals surface area contributed by atoms with E-state index in [-0.39, 0.29) is 18.4 Å². The molecule has 1 aromatic carbocycles. The number of nitrogens with one attached hydrogen (secondary N) is 1. The summed E-state index contributed by atoms with van der Waals surface area (Å²) in [5.74, 6) is 1.63. The van der Waals surface area contributed by atoms with Crippen LogP contribution in [-0.4, -0.2) is 66.5 Å². The number of aliphatic carboxylic acids is 1. The molecule has 3 heterocycles. The highest BCUT2D eigenvalue weighted by Crippen LogP contribution is 2.29. The van der Waals surface area contributed by atoms with Gasteiger partial charge in [0.15, 0.2) is 0 Å². The van der Waals surface area contributed by atoms with Crippen molar-refractivity contribution in [1.82, 2.24) is 9.88 Å². The van der Waals surface area contributed by atoms with Gasteiger partial charge in [-0.1, -0.05) is 18.2 Å². The van der Waals surface area contributed by atoms with Crippen LogP contribution >= 0.6 is 0 Å². The van der Waals surface area contributed by atoms with E-state index in [1.807, 2.05) is 38.1 Å². The summed E-state index contributed by atoms with van der Waals surface area (Å²) in [7, 11) is 0. The van der Waals surface area contributed by atoms with E-state index >= 15 is 0 Å². The number of likely N-dealkylation sites (tertiary alicyclic amines) is 1. The number of fused-ring (bicyclic) bond motifs is 1. The molecule has 4 rings (SSSR count). The van der Waals surface area contributed by atoms with E-state index < -0.39 is 5.97 Å². The molecule has 0 amide bonds. The van der Waals surface area contributed by atoms with Gasteiger partial charge >= 0.3 is 5.97 Å². The molecule has 0 spiro atoms. The fraction of sp³-hybridized carbons (Fsp3) is 0.586. The summed E-state index contributed by atoms with van der Waals surface area (Å²) in [6, 6.07) is 12.3. The first-order chi connectivity index (χ1) is 17.5. The number of benzene rings is 1. The van der Waals surface area contributed by atoms with Crippen molar-refractivity contribution >= 4 is 11.8 Å². The van der Waals surface area contributed by atoms with Gasteiger partial charge in [-0.15, -0.1) is 0 Å². The predicted octanol–water partition coefficient (Wildman–Crippen LogP) is 4.76. The van der Waals surface area contributed by atoms with Gasteiger partial charge < -0.3 is 24.8 Å². The Balaban J connectivity index is 1.29. The molecule has 36 heavy (non-hydrogen) atoms. The van der Waals surface area contributed by atoms with Gasteiger partial charge in [0.1, 0.15) is 18.2 Å². The molecule has 196 valence electrons. The first-order valence-corrected chi connectivity index (χ1v) is 13.5. The summed E-state index contributed by atoms with van der Waals surface area (Å²) in [5.41, 5.74) is 3.52. The predicted molar refractivity (Wildman–Crippen MR) is 142 cm³/mol. The first-order valence-electron chi connectivity index (χ1n) is 13.5. The van der Waals surface area contributed by atoms with E-state index in [9.17, 15) is 9.90 Å². The summed E-state index contributed by atoms with van der Waals surface area (Å²) < 4.78 is 11.4. The summed E-state index contributed by atoms with van der Waals surface area (Å²) in [5, 5.41) is 13.0. The molecule has 7 nitrogen and oxygen atoms in total. The van der Waals surface area contributed by atoms with Crippen LogP contribution in [0.1, 0.15) is 62.3 Å². The quantitative estimate of drug-likeness (QED) is 0.388. The van der Waals surface area contributed by atoms with Crippen LogP contribution in [0.2, 0.25) is 0 Å². The molecule has 7 heteroatoms. The van der Waals surface area contributed by atoms with Gasteiger partial charge in [-0.05, 0) is 87.7 Å². The molecule has 2 atom stereocenters. The molecule has 2 N–H and O–H groups in total. The second kappa shape index (κ2) is 13.1. The highest BCUT2D eigenvalue weighted by Gasteiger charge is 2.27. The highest BCUT2D eigenvalue weighted by atomic mass is 16.5. The summed E-state index contributed by atoms with van der Waals surface area (Å²) in [4.78, 5) is 18.9. The molecule has 2 unspecified atom stereocenters. The van der Waals surface area contributed by atoms with Crippen LogP contribution in [-0.2, 0) is 22.4 Å². The Hall–Kier alpha value is -2.64. The van der Waals surface area contributed by atoms with Crippen molar-refractivity contribution in [3.05, 3.63) is 53.2 Å². The molecular formula is C29H41N3O4. The monoisotopic (exact) mass is 495 g/mol. The van der Waals surface area contributed by atoms with Crippen LogP contribution in [0, 0.1) is 5.92 Å². The molecule has 2 aromatic rings. The smallest absolute Gasteiger partial charge is 0.304 e. The zero-order chi connectivity index (χ0) is 25.3. The number of hydrogen-bond donors (Lipinski definition) is 2. The van der Waals surface area contributed by atoms with Crippen LogP contribution in [0.4, 0.5) is 5.82 Å². The number of pyridine rings is 1. The van der Waals surface area contributed by atoms with E-state index in [0.29, 0.717) is 19.1 Å². The second-order valence-electron chi connectivity index (χ2n) is 10.4. The van der Waals surface area contributed by atoms with E-state index in [1.54, 1.807) is 0 Å². The van der Waals surface area contributed by atoms with Gasteiger partial charge in [-0.2, -0.15) is 0 Å². The van der Waals surface area contributed by atoms with E-state index in [4.69, 9.17) is 14.5 Å². The second-order valence-corrected chi connectivity index (χ2v) is 10.4. The Labute approximate surface area is 215 Å². The minimum Gasteiger partial charge on any atom is -0.491 e. The zero-order valence-electron chi connectivity index (χ0n) is 21.7. The minimum absolute atomic E-state index is 0.0647. The number of rotatable bonds is 13. The molecule has 1 aromatic heterocycles. The number of nitrogens with zero attached hydrogens (tertiary/aromatic N) is 2.